The van der Waals surface area contributed by atoms with E-state index in [1.807, 2.05) is 24.7 Å². The van der Waals surface area contributed by atoms with Crippen LogP contribution in [0.15, 0.2) is 18.5 Å². The van der Waals surface area contributed by atoms with E-state index in [0.717, 1.165) is 36.0 Å². The van der Waals surface area contributed by atoms with Gasteiger partial charge < -0.3 is 4.90 Å². The fourth-order valence-corrected chi connectivity index (χ4v) is 3.17. The minimum Gasteiger partial charge on any atom is -0.352 e. The molecule has 0 spiro atoms. The van der Waals surface area contributed by atoms with Crippen LogP contribution in [-0.2, 0) is 0 Å². The zero-order valence-corrected chi connectivity index (χ0v) is 13.1. The van der Waals surface area contributed by atoms with E-state index in [1.54, 1.807) is 6.20 Å². The van der Waals surface area contributed by atoms with Crippen molar-refractivity contribution < 1.29 is 0 Å². The van der Waals surface area contributed by atoms with Crippen LogP contribution in [0.5, 0.6) is 0 Å². The SMILES string of the molecule is CCC1CCCCN1c1cncc(-n2nc(C)cc2C)n1. The first-order valence-corrected chi connectivity index (χ1v) is 7.81. The number of nitrogens with zero attached hydrogens (tertiary/aromatic N) is 5. The highest BCUT2D eigenvalue weighted by Gasteiger charge is 2.22. The highest BCUT2D eigenvalue weighted by Crippen LogP contribution is 2.25. The molecule has 5 heteroatoms. The van der Waals surface area contributed by atoms with Crippen molar-refractivity contribution in [3.8, 4) is 5.82 Å². The third-order valence-electron chi connectivity index (χ3n) is 4.23. The Hall–Kier alpha value is -1.91. The maximum Gasteiger partial charge on any atom is 0.174 e. The smallest absolute Gasteiger partial charge is 0.174 e. The van der Waals surface area contributed by atoms with Gasteiger partial charge in [0, 0.05) is 18.3 Å². The number of rotatable bonds is 3. The van der Waals surface area contributed by atoms with E-state index < -0.39 is 0 Å². The van der Waals surface area contributed by atoms with Crippen LogP contribution in [0.25, 0.3) is 5.82 Å². The van der Waals surface area contributed by atoms with Gasteiger partial charge in [0.15, 0.2) is 5.82 Å². The molecule has 0 radical (unpaired) electrons. The second-order valence-corrected chi connectivity index (χ2v) is 5.83. The number of hydrogen-bond donors (Lipinski definition) is 0. The summed E-state index contributed by atoms with van der Waals surface area (Å²) in [6, 6.07) is 2.65. The van der Waals surface area contributed by atoms with Crippen molar-refractivity contribution in [1.82, 2.24) is 19.7 Å². The molecule has 21 heavy (non-hydrogen) atoms. The summed E-state index contributed by atoms with van der Waals surface area (Å²) in [5.41, 5.74) is 2.09. The van der Waals surface area contributed by atoms with Crippen molar-refractivity contribution in [1.29, 1.82) is 0 Å². The molecule has 1 saturated heterocycles. The minimum absolute atomic E-state index is 0.587. The van der Waals surface area contributed by atoms with Gasteiger partial charge in [-0.1, -0.05) is 6.92 Å². The third-order valence-corrected chi connectivity index (χ3v) is 4.23. The van der Waals surface area contributed by atoms with Gasteiger partial charge in [0.05, 0.1) is 18.1 Å². The van der Waals surface area contributed by atoms with Crippen molar-refractivity contribution in [2.45, 2.75) is 52.5 Å². The Balaban J connectivity index is 1.94. The molecule has 1 aliphatic rings. The highest BCUT2D eigenvalue weighted by molar-refractivity contribution is 5.41. The van der Waals surface area contributed by atoms with Crippen molar-refractivity contribution in [3.05, 3.63) is 29.8 Å². The number of piperidine rings is 1. The van der Waals surface area contributed by atoms with E-state index in [0.29, 0.717) is 6.04 Å². The van der Waals surface area contributed by atoms with Crippen LogP contribution >= 0.6 is 0 Å². The summed E-state index contributed by atoms with van der Waals surface area (Å²) in [6.07, 6.45) is 8.63. The van der Waals surface area contributed by atoms with Crippen LogP contribution in [-0.4, -0.2) is 32.3 Å². The predicted octanol–water partition coefficient (Wildman–Crippen LogP) is 3.05. The van der Waals surface area contributed by atoms with E-state index in [9.17, 15) is 0 Å². The molecular formula is C16H23N5. The maximum atomic E-state index is 4.80. The summed E-state index contributed by atoms with van der Waals surface area (Å²) in [5.74, 6) is 1.78. The van der Waals surface area contributed by atoms with Crippen LogP contribution in [0.4, 0.5) is 5.82 Å². The molecule has 1 atom stereocenters. The molecule has 3 rings (SSSR count). The summed E-state index contributed by atoms with van der Waals surface area (Å²) >= 11 is 0. The first-order chi connectivity index (χ1) is 10.2. The van der Waals surface area contributed by atoms with Crippen molar-refractivity contribution >= 4 is 5.82 Å². The van der Waals surface area contributed by atoms with Crippen LogP contribution < -0.4 is 4.90 Å². The van der Waals surface area contributed by atoms with Gasteiger partial charge in [0.25, 0.3) is 0 Å². The largest absolute Gasteiger partial charge is 0.352 e. The average molecular weight is 285 g/mol. The first-order valence-electron chi connectivity index (χ1n) is 7.81. The van der Waals surface area contributed by atoms with Gasteiger partial charge in [-0.15, -0.1) is 0 Å². The van der Waals surface area contributed by atoms with Crippen molar-refractivity contribution in [2.75, 3.05) is 11.4 Å². The summed E-state index contributed by atoms with van der Waals surface area (Å²) in [6.45, 7) is 7.37. The second kappa shape index (κ2) is 5.84. The number of aromatic nitrogens is 4. The highest BCUT2D eigenvalue weighted by atomic mass is 15.3. The molecule has 0 amide bonds. The summed E-state index contributed by atoms with van der Waals surface area (Å²) in [4.78, 5) is 11.6. The lowest BCUT2D eigenvalue weighted by molar-refractivity contribution is 0.446. The fraction of sp³-hybridized carbons (Fsp3) is 0.562. The molecule has 2 aromatic heterocycles. The molecule has 0 bridgehead atoms. The third kappa shape index (κ3) is 2.77. The topological polar surface area (TPSA) is 46.8 Å². The van der Waals surface area contributed by atoms with Gasteiger partial charge in [0.2, 0.25) is 0 Å². The molecule has 5 nitrogen and oxygen atoms in total. The van der Waals surface area contributed by atoms with Crippen molar-refractivity contribution in [2.24, 2.45) is 0 Å². The van der Waals surface area contributed by atoms with Gasteiger partial charge in [0.1, 0.15) is 5.82 Å². The second-order valence-electron chi connectivity index (χ2n) is 5.83. The molecule has 0 N–H and O–H groups in total. The van der Waals surface area contributed by atoms with E-state index in [4.69, 9.17) is 4.98 Å². The van der Waals surface area contributed by atoms with Crippen LogP contribution in [0, 0.1) is 13.8 Å². The Labute approximate surface area is 126 Å². The van der Waals surface area contributed by atoms with E-state index in [-0.39, 0.29) is 0 Å². The van der Waals surface area contributed by atoms with Crippen LogP contribution in [0.1, 0.15) is 44.0 Å². The van der Waals surface area contributed by atoms with Crippen molar-refractivity contribution in [3.63, 3.8) is 0 Å². The summed E-state index contributed by atoms with van der Waals surface area (Å²) in [7, 11) is 0. The molecule has 3 heterocycles. The zero-order valence-electron chi connectivity index (χ0n) is 13.1. The Kier molecular flexibility index (Phi) is 3.90. The van der Waals surface area contributed by atoms with E-state index in [1.165, 1.54) is 19.3 Å². The van der Waals surface area contributed by atoms with Crippen LogP contribution in [0.2, 0.25) is 0 Å². The number of anilines is 1. The molecule has 2 aromatic rings. The number of aryl methyl sites for hydroxylation is 2. The van der Waals surface area contributed by atoms with E-state index >= 15 is 0 Å². The van der Waals surface area contributed by atoms with Gasteiger partial charge >= 0.3 is 0 Å². The molecule has 1 aliphatic heterocycles. The van der Waals surface area contributed by atoms with Crippen LogP contribution in [0.3, 0.4) is 0 Å². The van der Waals surface area contributed by atoms with Gasteiger partial charge in [-0.25, -0.2) is 9.67 Å². The molecule has 1 unspecified atom stereocenters. The Bertz CT molecular complexity index is 619. The lowest BCUT2D eigenvalue weighted by Crippen LogP contribution is -2.39. The van der Waals surface area contributed by atoms with E-state index in [2.05, 4.69) is 28.0 Å². The fourth-order valence-electron chi connectivity index (χ4n) is 3.17. The molecule has 0 saturated carbocycles. The normalized spacial score (nSPS) is 19.0. The average Bonchev–Trinajstić information content (AvgIpc) is 2.86. The van der Waals surface area contributed by atoms with Gasteiger partial charge in [-0.2, -0.15) is 5.10 Å². The maximum absolute atomic E-state index is 4.80. The molecule has 0 aliphatic carbocycles. The molecule has 112 valence electrons. The monoisotopic (exact) mass is 285 g/mol. The molecule has 0 aromatic carbocycles. The summed E-state index contributed by atoms with van der Waals surface area (Å²) < 4.78 is 1.87. The Morgan fingerprint density at radius 3 is 2.71 bits per heavy atom. The Morgan fingerprint density at radius 1 is 1.19 bits per heavy atom. The first kappa shape index (κ1) is 14.0. The lowest BCUT2D eigenvalue weighted by Gasteiger charge is -2.36. The number of hydrogen-bond acceptors (Lipinski definition) is 4. The summed E-state index contributed by atoms with van der Waals surface area (Å²) in [5, 5.41) is 4.50. The lowest BCUT2D eigenvalue weighted by atomic mass is 10.0. The molecule has 1 fully saturated rings. The standard InChI is InChI=1S/C16H23N5/c1-4-14-7-5-6-8-20(14)15-10-17-11-16(18-15)21-13(3)9-12(2)19-21/h9-11,14H,4-8H2,1-3H3. The quantitative estimate of drug-likeness (QED) is 0.869. The molecular weight excluding hydrogens is 262 g/mol. The predicted molar refractivity (Wildman–Crippen MR) is 83.9 cm³/mol. The Morgan fingerprint density at radius 2 is 2.00 bits per heavy atom. The zero-order chi connectivity index (χ0) is 14.8. The minimum atomic E-state index is 0.587. The van der Waals surface area contributed by atoms with Gasteiger partial charge in [-0.3, -0.25) is 4.98 Å². The van der Waals surface area contributed by atoms with Gasteiger partial charge in [-0.05, 0) is 45.6 Å².